The quantitative estimate of drug-likeness (QED) is 0.782. The van der Waals surface area contributed by atoms with E-state index in [-0.39, 0.29) is 11.9 Å². The van der Waals surface area contributed by atoms with E-state index in [1.54, 1.807) is 23.9 Å². The second kappa shape index (κ2) is 7.94. The molecule has 0 aliphatic carbocycles. The highest BCUT2D eigenvalue weighted by molar-refractivity contribution is 7.98. The first kappa shape index (κ1) is 16.6. The van der Waals surface area contributed by atoms with Gasteiger partial charge in [-0.25, -0.2) is 9.18 Å². The molecule has 0 radical (unpaired) electrons. The first-order valence-electron chi connectivity index (χ1n) is 6.38. The lowest BCUT2D eigenvalue weighted by Crippen LogP contribution is -2.30. The Kier molecular flexibility index (Phi) is 6.58. The molecular weight excluding hydrogens is 277 g/mol. The average Bonchev–Trinajstić information content (AvgIpc) is 2.41. The fraction of sp³-hybridized carbons (Fsp3) is 0.400. The number of nitrogens with zero attached hydrogens (tertiary/aromatic N) is 1. The number of benzene rings is 1. The topological polar surface area (TPSA) is 40.5 Å². The maximum Gasteiger partial charge on any atom is 0.328 e. The van der Waals surface area contributed by atoms with Crippen molar-refractivity contribution >= 4 is 29.5 Å². The number of carboxylic acid groups (broad SMARTS) is 1. The standard InChI is InChI=1S/C15H20FNO2S/c1-11(9-10-20-3)17(2)15-12(7-8-14(18)19)5-4-6-13(15)16/h4-8,11H,9-10H2,1-3H3,(H,18,19)/b8-7+. The van der Waals surface area contributed by atoms with Gasteiger partial charge in [-0.05, 0) is 37.5 Å². The van der Waals surface area contributed by atoms with Crippen LogP contribution < -0.4 is 4.90 Å². The van der Waals surface area contributed by atoms with Crippen LogP contribution in [0.2, 0.25) is 0 Å². The molecule has 0 spiro atoms. The van der Waals surface area contributed by atoms with Crippen molar-refractivity contribution in [3.63, 3.8) is 0 Å². The van der Waals surface area contributed by atoms with Crippen LogP contribution in [0.4, 0.5) is 10.1 Å². The molecule has 0 bridgehead atoms. The molecule has 0 aliphatic rings. The van der Waals surface area contributed by atoms with Crippen molar-refractivity contribution in [3.8, 4) is 0 Å². The molecule has 0 saturated heterocycles. The molecule has 1 unspecified atom stereocenters. The zero-order chi connectivity index (χ0) is 15.1. The third-order valence-corrected chi connectivity index (χ3v) is 3.82. The summed E-state index contributed by atoms with van der Waals surface area (Å²) in [5, 5.41) is 8.70. The number of carbonyl (C=O) groups is 1. The van der Waals surface area contributed by atoms with Gasteiger partial charge < -0.3 is 10.0 Å². The first-order chi connectivity index (χ1) is 9.47. The van der Waals surface area contributed by atoms with Crippen molar-refractivity contribution in [1.29, 1.82) is 0 Å². The molecule has 1 N–H and O–H groups in total. The lowest BCUT2D eigenvalue weighted by Gasteiger charge is -2.28. The van der Waals surface area contributed by atoms with Crippen molar-refractivity contribution in [2.75, 3.05) is 24.0 Å². The van der Waals surface area contributed by atoms with Crippen LogP contribution in [0.1, 0.15) is 18.9 Å². The summed E-state index contributed by atoms with van der Waals surface area (Å²) in [5.41, 5.74) is 1.02. The fourth-order valence-corrected chi connectivity index (χ4v) is 2.48. The summed E-state index contributed by atoms with van der Waals surface area (Å²) in [6.07, 6.45) is 5.43. The molecule has 0 heterocycles. The van der Waals surface area contributed by atoms with Gasteiger partial charge in [-0.2, -0.15) is 11.8 Å². The van der Waals surface area contributed by atoms with Crippen LogP contribution in [0.5, 0.6) is 0 Å². The van der Waals surface area contributed by atoms with Crippen molar-refractivity contribution in [1.82, 2.24) is 0 Å². The molecule has 110 valence electrons. The first-order valence-corrected chi connectivity index (χ1v) is 7.78. The largest absolute Gasteiger partial charge is 0.478 e. The molecule has 1 aromatic carbocycles. The highest BCUT2D eigenvalue weighted by atomic mass is 32.2. The van der Waals surface area contributed by atoms with E-state index in [1.165, 1.54) is 12.1 Å². The van der Waals surface area contributed by atoms with Crippen LogP contribution in [0, 0.1) is 5.82 Å². The third kappa shape index (κ3) is 4.56. The Morgan fingerprint density at radius 1 is 1.55 bits per heavy atom. The predicted molar refractivity (Wildman–Crippen MR) is 83.9 cm³/mol. The number of hydrogen-bond donors (Lipinski definition) is 1. The smallest absolute Gasteiger partial charge is 0.328 e. The molecule has 1 rings (SSSR count). The van der Waals surface area contributed by atoms with Crippen LogP contribution >= 0.6 is 11.8 Å². The van der Waals surface area contributed by atoms with Crippen LogP contribution in [0.3, 0.4) is 0 Å². The summed E-state index contributed by atoms with van der Waals surface area (Å²) in [4.78, 5) is 12.5. The molecule has 5 heteroatoms. The summed E-state index contributed by atoms with van der Waals surface area (Å²) in [6, 6.07) is 4.87. The zero-order valence-corrected chi connectivity index (χ0v) is 12.8. The SMILES string of the molecule is CSCCC(C)N(C)c1c(F)cccc1/C=C/C(=O)O. The lowest BCUT2D eigenvalue weighted by molar-refractivity contribution is -0.131. The van der Waals surface area contributed by atoms with Crippen molar-refractivity contribution in [2.45, 2.75) is 19.4 Å². The summed E-state index contributed by atoms with van der Waals surface area (Å²) in [6.45, 7) is 2.04. The number of aliphatic carboxylic acids is 1. The van der Waals surface area contributed by atoms with Crippen molar-refractivity contribution in [2.24, 2.45) is 0 Å². The van der Waals surface area contributed by atoms with Crippen molar-refractivity contribution in [3.05, 3.63) is 35.7 Å². The summed E-state index contributed by atoms with van der Waals surface area (Å²) in [7, 11) is 1.83. The third-order valence-electron chi connectivity index (χ3n) is 3.18. The molecule has 1 atom stereocenters. The second-order valence-electron chi connectivity index (χ2n) is 4.59. The molecule has 0 aromatic heterocycles. The van der Waals surface area contributed by atoms with Gasteiger partial charge in [-0.1, -0.05) is 12.1 Å². The van der Waals surface area contributed by atoms with Gasteiger partial charge in [0, 0.05) is 24.7 Å². The number of hydrogen-bond acceptors (Lipinski definition) is 3. The van der Waals surface area contributed by atoms with Crippen LogP contribution in [0.25, 0.3) is 6.08 Å². The van der Waals surface area contributed by atoms with Crippen LogP contribution in [-0.2, 0) is 4.79 Å². The molecular formula is C15H20FNO2S. The number of rotatable bonds is 7. The molecule has 1 aromatic rings. The maximum atomic E-state index is 14.1. The number of thioether (sulfide) groups is 1. The number of carboxylic acids is 1. The molecule has 20 heavy (non-hydrogen) atoms. The van der Waals surface area contributed by atoms with E-state index >= 15 is 0 Å². The Morgan fingerprint density at radius 3 is 2.85 bits per heavy atom. The minimum Gasteiger partial charge on any atom is -0.478 e. The predicted octanol–water partition coefficient (Wildman–Crippen LogP) is 3.50. The number of halogens is 1. The minimum atomic E-state index is -1.04. The van der Waals surface area contributed by atoms with E-state index in [0.717, 1.165) is 18.2 Å². The van der Waals surface area contributed by atoms with Gasteiger partial charge in [0.25, 0.3) is 0 Å². The highest BCUT2D eigenvalue weighted by Crippen LogP contribution is 2.27. The minimum absolute atomic E-state index is 0.177. The summed E-state index contributed by atoms with van der Waals surface area (Å²) >= 11 is 1.75. The number of para-hydroxylation sites is 1. The van der Waals surface area contributed by atoms with Crippen molar-refractivity contribution < 1.29 is 14.3 Å². The fourth-order valence-electron chi connectivity index (χ4n) is 1.90. The van der Waals surface area contributed by atoms with Gasteiger partial charge >= 0.3 is 5.97 Å². The Morgan fingerprint density at radius 2 is 2.25 bits per heavy atom. The van der Waals surface area contributed by atoms with Gasteiger partial charge in [-0.3, -0.25) is 0 Å². The number of anilines is 1. The highest BCUT2D eigenvalue weighted by Gasteiger charge is 2.16. The van der Waals surface area contributed by atoms with Crippen LogP contribution in [0.15, 0.2) is 24.3 Å². The lowest BCUT2D eigenvalue weighted by atomic mass is 10.1. The average molecular weight is 297 g/mol. The van der Waals surface area contributed by atoms with Gasteiger partial charge in [0.2, 0.25) is 0 Å². The van der Waals surface area contributed by atoms with Crippen LogP contribution in [-0.4, -0.2) is 36.2 Å². The van der Waals surface area contributed by atoms with Gasteiger partial charge in [0.15, 0.2) is 0 Å². The van der Waals surface area contributed by atoms with E-state index in [4.69, 9.17) is 5.11 Å². The van der Waals surface area contributed by atoms with E-state index in [1.807, 2.05) is 25.1 Å². The zero-order valence-electron chi connectivity index (χ0n) is 12.0. The molecule has 0 saturated carbocycles. The van der Waals surface area contributed by atoms with E-state index in [2.05, 4.69) is 0 Å². The van der Waals surface area contributed by atoms with E-state index in [0.29, 0.717) is 11.3 Å². The summed E-state index contributed by atoms with van der Waals surface area (Å²) < 4.78 is 14.1. The molecule has 0 amide bonds. The maximum absolute atomic E-state index is 14.1. The monoisotopic (exact) mass is 297 g/mol. The Labute approximate surface area is 123 Å². The normalized spacial score (nSPS) is 12.6. The van der Waals surface area contributed by atoms with E-state index < -0.39 is 5.97 Å². The molecule has 0 fully saturated rings. The molecule has 3 nitrogen and oxygen atoms in total. The van der Waals surface area contributed by atoms with E-state index in [9.17, 15) is 9.18 Å². The summed E-state index contributed by atoms with van der Waals surface area (Å²) in [5.74, 6) is -0.380. The molecule has 0 aliphatic heterocycles. The van der Waals surface area contributed by atoms with Gasteiger partial charge in [0.05, 0.1) is 5.69 Å². The van der Waals surface area contributed by atoms with Gasteiger partial charge in [0.1, 0.15) is 5.82 Å². The Bertz CT molecular complexity index is 491. The Hall–Kier alpha value is -1.49. The Balaban J connectivity index is 3.05. The second-order valence-corrected chi connectivity index (χ2v) is 5.58. The van der Waals surface area contributed by atoms with Gasteiger partial charge in [-0.15, -0.1) is 0 Å².